The highest BCUT2D eigenvalue weighted by Gasteiger charge is 2.35. The third-order valence-corrected chi connectivity index (χ3v) is 4.16. The molecule has 0 aromatic carbocycles. The molecular formula is C13H17N3O2S. The van der Waals surface area contributed by atoms with E-state index in [1.807, 2.05) is 19.9 Å². The predicted molar refractivity (Wildman–Crippen MR) is 76.9 cm³/mol. The Labute approximate surface area is 115 Å². The van der Waals surface area contributed by atoms with Gasteiger partial charge in [0.2, 0.25) is 0 Å². The number of likely N-dealkylation sites (N-methyl/N-ethyl adjacent to an activating group) is 1. The fraction of sp³-hybridized carbons (Fsp3) is 0.462. The number of nitrogens with zero attached hydrogens (tertiary/aromatic N) is 3. The molecule has 0 fully saturated rings. The van der Waals surface area contributed by atoms with Gasteiger partial charge in [-0.3, -0.25) is 0 Å². The molecule has 0 radical (unpaired) electrons. The molecule has 102 valence electrons. The summed E-state index contributed by atoms with van der Waals surface area (Å²) < 4.78 is 0. The largest absolute Gasteiger partial charge is 0.480 e. The summed E-state index contributed by atoms with van der Waals surface area (Å²) >= 11 is 1.59. The number of rotatable bonds is 4. The van der Waals surface area contributed by atoms with Crippen molar-refractivity contribution in [1.82, 2.24) is 9.97 Å². The Hall–Kier alpha value is -1.69. The van der Waals surface area contributed by atoms with Crippen molar-refractivity contribution in [3.05, 3.63) is 17.3 Å². The van der Waals surface area contributed by atoms with Gasteiger partial charge in [-0.1, -0.05) is 0 Å². The second kappa shape index (κ2) is 4.77. The second-order valence-electron chi connectivity index (χ2n) is 4.88. The Morgan fingerprint density at radius 3 is 2.74 bits per heavy atom. The Morgan fingerprint density at radius 1 is 1.47 bits per heavy atom. The lowest BCUT2D eigenvalue weighted by atomic mass is 10.0. The average Bonchev–Trinajstić information content (AvgIpc) is 2.70. The summed E-state index contributed by atoms with van der Waals surface area (Å²) in [4.78, 5) is 23.8. The summed E-state index contributed by atoms with van der Waals surface area (Å²) in [5, 5.41) is 10.3. The number of aryl methyl sites for hydroxylation is 1. The molecule has 2 heterocycles. The van der Waals surface area contributed by atoms with E-state index in [2.05, 4.69) is 9.97 Å². The molecule has 0 saturated heterocycles. The smallest absolute Gasteiger partial charge is 0.328 e. The number of carboxylic acids is 1. The molecule has 0 spiro atoms. The Balaban J connectivity index is 2.61. The van der Waals surface area contributed by atoms with Gasteiger partial charge in [-0.05, 0) is 33.8 Å². The lowest BCUT2D eigenvalue weighted by Gasteiger charge is -2.35. The lowest BCUT2D eigenvalue weighted by molar-refractivity contribution is -0.142. The van der Waals surface area contributed by atoms with Crippen LogP contribution in [0.15, 0.2) is 12.4 Å². The summed E-state index contributed by atoms with van der Waals surface area (Å²) in [7, 11) is 0. The van der Waals surface area contributed by atoms with Crippen LogP contribution in [0.2, 0.25) is 0 Å². The first-order valence-electron chi connectivity index (χ1n) is 6.10. The zero-order valence-electron chi connectivity index (χ0n) is 11.5. The van der Waals surface area contributed by atoms with Gasteiger partial charge in [-0.2, -0.15) is 0 Å². The van der Waals surface area contributed by atoms with E-state index in [0.717, 1.165) is 15.1 Å². The van der Waals surface area contributed by atoms with E-state index in [1.165, 1.54) is 6.33 Å². The van der Waals surface area contributed by atoms with Gasteiger partial charge in [0.05, 0.1) is 5.39 Å². The van der Waals surface area contributed by atoms with Crippen LogP contribution >= 0.6 is 11.3 Å². The molecule has 5 nitrogen and oxygen atoms in total. The van der Waals surface area contributed by atoms with Crippen molar-refractivity contribution in [1.29, 1.82) is 0 Å². The maximum absolute atomic E-state index is 11.5. The van der Waals surface area contributed by atoms with Gasteiger partial charge in [0, 0.05) is 11.4 Å². The first-order valence-corrected chi connectivity index (χ1v) is 6.91. The van der Waals surface area contributed by atoms with E-state index in [9.17, 15) is 9.90 Å². The van der Waals surface area contributed by atoms with Crippen molar-refractivity contribution >= 4 is 33.3 Å². The second-order valence-corrected chi connectivity index (χ2v) is 6.12. The van der Waals surface area contributed by atoms with Crippen molar-refractivity contribution in [2.24, 2.45) is 0 Å². The first kappa shape index (κ1) is 13.7. The van der Waals surface area contributed by atoms with Crippen LogP contribution in [0.1, 0.15) is 25.6 Å². The average molecular weight is 279 g/mol. The number of fused-ring (bicyclic) bond motifs is 1. The van der Waals surface area contributed by atoms with E-state index in [4.69, 9.17) is 0 Å². The fourth-order valence-corrected chi connectivity index (χ4v) is 2.95. The van der Waals surface area contributed by atoms with Crippen LogP contribution < -0.4 is 4.90 Å². The van der Waals surface area contributed by atoms with Crippen LogP contribution in [0.4, 0.5) is 5.82 Å². The van der Waals surface area contributed by atoms with Gasteiger partial charge in [-0.15, -0.1) is 11.3 Å². The Bertz CT molecular complexity index is 621. The molecular weight excluding hydrogens is 262 g/mol. The molecule has 0 unspecified atom stereocenters. The number of thiophene rings is 1. The molecule has 0 aliphatic carbocycles. The zero-order chi connectivity index (χ0) is 14.2. The number of carbonyl (C=O) groups is 1. The third kappa shape index (κ3) is 2.28. The number of aliphatic carboxylic acids is 1. The standard InChI is InChI=1S/C13H17N3O2S/c1-5-16(13(3,4)12(17)18)10-9-6-8(2)19-11(9)15-7-14-10/h6-7H,5H2,1-4H3,(H,17,18). The number of carboxylic acid groups (broad SMARTS) is 1. The summed E-state index contributed by atoms with van der Waals surface area (Å²) in [5.41, 5.74) is -1.01. The molecule has 2 aromatic rings. The van der Waals surface area contributed by atoms with Crippen LogP contribution in [-0.2, 0) is 4.79 Å². The summed E-state index contributed by atoms with van der Waals surface area (Å²) in [6, 6.07) is 2.01. The fourth-order valence-electron chi connectivity index (χ4n) is 2.10. The molecule has 2 aromatic heterocycles. The molecule has 0 saturated carbocycles. The van der Waals surface area contributed by atoms with Gasteiger partial charge in [0.25, 0.3) is 0 Å². The SMILES string of the molecule is CCN(c1ncnc2sc(C)cc12)C(C)(C)C(=O)O. The van der Waals surface area contributed by atoms with E-state index < -0.39 is 11.5 Å². The Kier molecular flexibility index (Phi) is 3.45. The first-order chi connectivity index (χ1) is 8.87. The van der Waals surface area contributed by atoms with Crippen LogP contribution in [0.25, 0.3) is 10.2 Å². The van der Waals surface area contributed by atoms with E-state index in [0.29, 0.717) is 12.4 Å². The number of hydrogen-bond donors (Lipinski definition) is 1. The molecule has 0 aliphatic heterocycles. The highest BCUT2D eigenvalue weighted by Crippen LogP contribution is 2.32. The van der Waals surface area contributed by atoms with Crippen LogP contribution in [0.5, 0.6) is 0 Å². The lowest BCUT2D eigenvalue weighted by Crippen LogP contribution is -2.50. The topological polar surface area (TPSA) is 66.3 Å². The minimum absolute atomic E-state index is 0.570. The number of hydrogen-bond acceptors (Lipinski definition) is 5. The van der Waals surface area contributed by atoms with Gasteiger partial charge in [0.1, 0.15) is 22.5 Å². The van der Waals surface area contributed by atoms with Crippen molar-refractivity contribution in [3.8, 4) is 0 Å². The molecule has 6 heteroatoms. The minimum Gasteiger partial charge on any atom is -0.480 e. The van der Waals surface area contributed by atoms with E-state index >= 15 is 0 Å². The molecule has 0 aliphatic rings. The summed E-state index contributed by atoms with van der Waals surface area (Å²) in [5.74, 6) is -0.183. The van der Waals surface area contributed by atoms with Crippen molar-refractivity contribution in [2.45, 2.75) is 33.2 Å². The highest BCUT2D eigenvalue weighted by atomic mass is 32.1. The van der Waals surface area contributed by atoms with Gasteiger partial charge in [0.15, 0.2) is 0 Å². The predicted octanol–water partition coefficient (Wildman–Crippen LogP) is 2.69. The quantitative estimate of drug-likeness (QED) is 0.932. The molecule has 1 N–H and O–H groups in total. The van der Waals surface area contributed by atoms with E-state index in [1.54, 1.807) is 30.1 Å². The van der Waals surface area contributed by atoms with Gasteiger partial charge in [-0.25, -0.2) is 14.8 Å². The van der Waals surface area contributed by atoms with Crippen molar-refractivity contribution in [3.63, 3.8) is 0 Å². The van der Waals surface area contributed by atoms with Crippen molar-refractivity contribution < 1.29 is 9.90 Å². The Morgan fingerprint density at radius 2 is 2.16 bits per heavy atom. The van der Waals surface area contributed by atoms with Crippen molar-refractivity contribution in [2.75, 3.05) is 11.4 Å². The van der Waals surface area contributed by atoms with Gasteiger partial charge < -0.3 is 10.0 Å². The molecule has 0 amide bonds. The minimum atomic E-state index is -1.01. The maximum Gasteiger partial charge on any atom is 0.328 e. The molecule has 0 atom stereocenters. The van der Waals surface area contributed by atoms with Crippen LogP contribution in [0, 0.1) is 6.92 Å². The van der Waals surface area contributed by atoms with Gasteiger partial charge >= 0.3 is 5.97 Å². The summed E-state index contributed by atoms with van der Waals surface area (Å²) in [6.45, 7) is 7.88. The summed E-state index contributed by atoms with van der Waals surface area (Å²) in [6.07, 6.45) is 1.49. The maximum atomic E-state index is 11.5. The number of anilines is 1. The third-order valence-electron chi connectivity index (χ3n) is 3.20. The van der Waals surface area contributed by atoms with Crippen LogP contribution in [0.3, 0.4) is 0 Å². The molecule has 0 bridgehead atoms. The zero-order valence-corrected chi connectivity index (χ0v) is 12.3. The highest BCUT2D eigenvalue weighted by molar-refractivity contribution is 7.18. The molecule has 19 heavy (non-hydrogen) atoms. The van der Waals surface area contributed by atoms with E-state index in [-0.39, 0.29) is 0 Å². The molecule has 2 rings (SSSR count). The monoisotopic (exact) mass is 279 g/mol. The van der Waals surface area contributed by atoms with Crippen LogP contribution in [-0.4, -0.2) is 33.1 Å². The number of aromatic nitrogens is 2. The normalized spacial score (nSPS) is 11.8.